The number of nitrogens with one attached hydrogen (secondary N) is 1. The maximum Gasteiger partial charge on any atom is 0.271 e. The van der Waals surface area contributed by atoms with Crippen LogP contribution in [0.1, 0.15) is 17.2 Å². The van der Waals surface area contributed by atoms with Gasteiger partial charge in [-0.2, -0.15) is 0 Å². The molecule has 3 aromatic rings. The minimum Gasteiger partial charge on any atom is -0.338 e. The Balaban J connectivity index is 1.56. The number of anilines is 1. The van der Waals surface area contributed by atoms with E-state index in [1.165, 1.54) is 17.3 Å². The van der Waals surface area contributed by atoms with Gasteiger partial charge < -0.3 is 4.90 Å². The first kappa shape index (κ1) is 16.5. The number of H-pyrrole nitrogens is 1. The van der Waals surface area contributed by atoms with Crippen LogP contribution < -0.4 is 10.5 Å². The Hall–Kier alpha value is -2.99. The monoisotopic (exact) mass is 347 g/mol. The largest absolute Gasteiger partial charge is 0.338 e. The quantitative estimate of drug-likeness (QED) is 0.783. The molecule has 0 unspecified atom stereocenters. The van der Waals surface area contributed by atoms with Gasteiger partial charge in [-0.1, -0.05) is 60.7 Å². The number of rotatable bonds is 4. The molecule has 0 radical (unpaired) electrons. The maximum absolute atomic E-state index is 11.5. The van der Waals surface area contributed by atoms with Gasteiger partial charge in [0.15, 0.2) is 0 Å². The van der Waals surface area contributed by atoms with Crippen molar-refractivity contribution in [1.29, 1.82) is 0 Å². The fourth-order valence-electron chi connectivity index (χ4n) is 3.52. The number of aromatic amines is 1. The van der Waals surface area contributed by atoms with E-state index in [1.54, 1.807) is 0 Å². The van der Waals surface area contributed by atoms with Crippen LogP contribution in [-0.2, 0) is 0 Å². The van der Waals surface area contributed by atoms with Crippen LogP contribution in [-0.4, -0.2) is 46.3 Å². The number of hydrogen-bond donors (Lipinski definition) is 1. The predicted molar refractivity (Wildman–Crippen MR) is 101 cm³/mol. The van der Waals surface area contributed by atoms with Crippen molar-refractivity contribution in [3.8, 4) is 0 Å². The van der Waals surface area contributed by atoms with Crippen molar-refractivity contribution in [1.82, 2.24) is 20.1 Å². The first-order valence-electron chi connectivity index (χ1n) is 8.82. The average molecular weight is 347 g/mol. The Kier molecular flexibility index (Phi) is 4.75. The maximum atomic E-state index is 11.5. The summed E-state index contributed by atoms with van der Waals surface area (Å²) in [4.78, 5) is 18.8. The summed E-state index contributed by atoms with van der Waals surface area (Å²) in [7, 11) is 0. The normalized spacial score (nSPS) is 15.3. The Morgan fingerprint density at radius 2 is 1.42 bits per heavy atom. The summed E-state index contributed by atoms with van der Waals surface area (Å²) in [5, 5.41) is 7.81. The van der Waals surface area contributed by atoms with Gasteiger partial charge in [0.05, 0.1) is 6.04 Å². The van der Waals surface area contributed by atoms with Gasteiger partial charge in [-0.15, -0.1) is 10.2 Å². The molecule has 132 valence electrons. The van der Waals surface area contributed by atoms with Crippen molar-refractivity contribution in [2.75, 3.05) is 31.1 Å². The van der Waals surface area contributed by atoms with Crippen LogP contribution in [0.4, 0.5) is 5.95 Å². The summed E-state index contributed by atoms with van der Waals surface area (Å²) < 4.78 is 0. The zero-order valence-corrected chi connectivity index (χ0v) is 14.5. The van der Waals surface area contributed by atoms with Gasteiger partial charge in [0, 0.05) is 26.2 Å². The Morgan fingerprint density at radius 3 is 1.96 bits per heavy atom. The lowest BCUT2D eigenvalue weighted by Crippen LogP contribution is -2.48. The summed E-state index contributed by atoms with van der Waals surface area (Å²) >= 11 is 0. The third-order valence-electron chi connectivity index (χ3n) is 4.77. The molecule has 1 aliphatic heterocycles. The highest BCUT2D eigenvalue weighted by Gasteiger charge is 2.27. The summed E-state index contributed by atoms with van der Waals surface area (Å²) in [5.41, 5.74) is 2.36. The van der Waals surface area contributed by atoms with Gasteiger partial charge in [-0.25, -0.2) is 0 Å². The summed E-state index contributed by atoms with van der Waals surface area (Å²) in [5.74, 6) is 0.549. The molecule has 0 bridgehead atoms. The van der Waals surface area contributed by atoms with E-state index in [2.05, 4.69) is 73.5 Å². The molecule has 2 aromatic carbocycles. The van der Waals surface area contributed by atoms with Crippen molar-refractivity contribution < 1.29 is 0 Å². The molecule has 0 aliphatic carbocycles. The Morgan fingerprint density at radius 1 is 0.846 bits per heavy atom. The van der Waals surface area contributed by atoms with Crippen LogP contribution in [0.5, 0.6) is 0 Å². The molecule has 0 saturated carbocycles. The van der Waals surface area contributed by atoms with Crippen LogP contribution in [0.3, 0.4) is 0 Å². The molecule has 6 nitrogen and oxygen atoms in total. The van der Waals surface area contributed by atoms with Crippen LogP contribution in [0, 0.1) is 0 Å². The lowest BCUT2D eigenvalue weighted by molar-refractivity contribution is 0.211. The first-order valence-corrected chi connectivity index (χ1v) is 8.82. The molecule has 0 atom stereocenters. The van der Waals surface area contributed by atoms with E-state index in [9.17, 15) is 4.79 Å². The number of hydrogen-bond acceptors (Lipinski definition) is 5. The topological polar surface area (TPSA) is 65.1 Å². The van der Waals surface area contributed by atoms with Crippen LogP contribution in [0.15, 0.2) is 71.7 Å². The number of piperazine rings is 1. The van der Waals surface area contributed by atoms with Crippen LogP contribution in [0.2, 0.25) is 0 Å². The molecule has 2 heterocycles. The molecule has 6 heteroatoms. The molecular weight excluding hydrogens is 326 g/mol. The van der Waals surface area contributed by atoms with Crippen molar-refractivity contribution in [2.24, 2.45) is 0 Å². The first-order chi connectivity index (χ1) is 12.8. The van der Waals surface area contributed by atoms with Crippen LogP contribution >= 0.6 is 0 Å². The minimum absolute atomic E-state index is 0.219. The van der Waals surface area contributed by atoms with E-state index in [0.29, 0.717) is 5.95 Å². The molecule has 4 rings (SSSR count). The molecular formula is C20H21N5O. The zero-order valence-electron chi connectivity index (χ0n) is 14.5. The summed E-state index contributed by atoms with van der Waals surface area (Å²) in [6, 6.07) is 21.4. The number of aromatic nitrogens is 3. The lowest BCUT2D eigenvalue weighted by Gasteiger charge is -2.39. The fourth-order valence-corrected chi connectivity index (χ4v) is 3.52. The second kappa shape index (κ2) is 7.49. The van der Waals surface area contributed by atoms with E-state index in [1.807, 2.05) is 12.1 Å². The van der Waals surface area contributed by atoms with Crippen molar-refractivity contribution in [2.45, 2.75) is 6.04 Å². The van der Waals surface area contributed by atoms with E-state index in [-0.39, 0.29) is 11.6 Å². The number of benzene rings is 2. The third-order valence-corrected chi connectivity index (χ3v) is 4.77. The SMILES string of the molecule is O=c1cnnc(N2CCN(C(c3ccccc3)c3ccccc3)CC2)[nH]1. The predicted octanol–water partition coefficient (Wildman–Crippen LogP) is 2.08. The molecule has 1 aliphatic rings. The van der Waals surface area contributed by atoms with Gasteiger partial charge in [0.2, 0.25) is 5.95 Å². The van der Waals surface area contributed by atoms with Gasteiger partial charge in [-0.3, -0.25) is 14.7 Å². The van der Waals surface area contributed by atoms with E-state index >= 15 is 0 Å². The molecule has 0 amide bonds. The minimum atomic E-state index is -0.219. The van der Waals surface area contributed by atoms with Crippen molar-refractivity contribution in [3.63, 3.8) is 0 Å². The highest BCUT2D eigenvalue weighted by atomic mass is 16.1. The zero-order chi connectivity index (χ0) is 17.8. The summed E-state index contributed by atoms with van der Waals surface area (Å²) in [6.45, 7) is 3.36. The van der Waals surface area contributed by atoms with Gasteiger partial charge >= 0.3 is 0 Å². The molecule has 1 N–H and O–H groups in total. The second-order valence-corrected chi connectivity index (χ2v) is 6.40. The fraction of sp³-hybridized carbons (Fsp3) is 0.250. The third kappa shape index (κ3) is 3.50. The van der Waals surface area contributed by atoms with Gasteiger partial charge in [-0.05, 0) is 11.1 Å². The molecule has 26 heavy (non-hydrogen) atoms. The van der Waals surface area contributed by atoms with Gasteiger partial charge in [0.1, 0.15) is 6.20 Å². The van der Waals surface area contributed by atoms with E-state index in [4.69, 9.17) is 0 Å². The molecule has 0 spiro atoms. The summed E-state index contributed by atoms with van der Waals surface area (Å²) in [6.07, 6.45) is 1.20. The number of nitrogens with zero attached hydrogens (tertiary/aromatic N) is 4. The standard InChI is InChI=1S/C20H21N5O/c26-18-15-21-23-20(22-18)25-13-11-24(12-14-25)19(16-7-3-1-4-8-16)17-9-5-2-6-10-17/h1-10,15,19H,11-14H2,(H,22,23,26). The molecule has 1 saturated heterocycles. The van der Waals surface area contributed by atoms with Gasteiger partial charge in [0.25, 0.3) is 5.56 Å². The highest BCUT2D eigenvalue weighted by Crippen LogP contribution is 2.29. The average Bonchev–Trinajstić information content (AvgIpc) is 2.70. The lowest BCUT2D eigenvalue weighted by atomic mass is 9.96. The Bertz CT molecular complexity index is 849. The highest BCUT2D eigenvalue weighted by molar-refractivity contribution is 5.33. The van der Waals surface area contributed by atoms with E-state index < -0.39 is 0 Å². The second-order valence-electron chi connectivity index (χ2n) is 6.40. The van der Waals surface area contributed by atoms with E-state index in [0.717, 1.165) is 26.2 Å². The smallest absolute Gasteiger partial charge is 0.271 e. The van der Waals surface area contributed by atoms with Crippen LogP contribution in [0.25, 0.3) is 0 Å². The Labute approximate surface area is 152 Å². The molecule has 1 fully saturated rings. The van der Waals surface area contributed by atoms with Crippen molar-refractivity contribution >= 4 is 5.95 Å². The molecule has 1 aromatic heterocycles. The van der Waals surface area contributed by atoms with Crippen molar-refractivity contribution in [3.05, 3.63) is 88.3 Å².